The zero-order valence-corrected chi connectivity index (χ0v) is 23.3. The van der Waals surface area contributed by atoms with Crippen molar-refractivity contribution in [2.24, 2.45) is 5.73 Å². The van der Waals surface area contributed by atoms with Gasteiger partial charge in [-0.1, -0.05) is 6.07 Å². The summed E-state index contributed by atoms with van der Waals surface area (Å²) in [6.45, 7) is 1.66. The molecule has 0 saturated carbocycles. The van der Waals surface area contributed by atoms with Gasteiger partial charge in [0.2, 0.25) is 10.0 Å². The summed E-state index contributed by atoms with van der Waals surface area (Å²) in [5, 5.41) is 0.727. The number of furan rings is 1. The lowest BCUT2D eigenvalue weighted by Crippen LogP contribution is -2.16. The van der Waals surface area contributed by atoms with E-state index in [1.54, 1.807) is 41.0 Å². The maximum absolute atomic E-state index is 14.6. The molecule has 0 fully saturated rings. The number of ether oxygens (including phenoxy) is 1. The summed E-state index contributed by atoms with van der Waals surface area (Å²) in [6, 6.07) is 18.2. The van der Waals surface area contributed by atoms with Crippen LogP contribution in [0.2, 0.25) is 0 Å². The average molecular weight is 601 g/mol. The molecule has 0 aliphatic carbocycles. The molecule has 3 N–H and O–H groups in total. The Bertz CT molecular complexity index is 2220. The quantitative estimate of drug-likeness (QED) is 0.232. The number of aromatic nitrogens is 2. The second-order valence-corrected chi connectivity index (χ2v) is 12.0. The predicted molar refractivity (Wildman–Crippen MR) is 158 cm³/mol. The molecule has 1 amide bonds. The summed E-state index contributed by atoms with van der Waals surface area (Å²) in [5.74, 6) is -1.26. The Balaban J connectivity index is 1.47. The van der Waals surface area contributed by atoms with Crippen molar-refractivity contribution < 1.29 is 31.1 Å². The van der Waals surface area contributed by atoms with E-state index in [1.165, 1.54) is 43.3 Å². The number of pyridine rings is 1. The third kappa shape index (κ3) is 4.38. The second-order valence-electron chi connectivity index (χ2n) is 10.0. The van der Waals surface area contributed by atoms with E-state index in [4.69, 9.17) is 19.9 Å². The molecule has 1 aliphatic rings. The van der Waals surface area contributed by atoms with Gasteiger partial charge in [-0.05, 0) is 67.6 Å². The highest BCUT2D eigenvalue weighted by Gasteiger charge is 2.26. The Hall–Kier alpha value is -5.23. The van der Waals surface area contributed by atoms with Gasteiger partial charge >= 0.3 is 0 Å². The monoisotopic (exact) mass is 600 g/mol. The number of rotatable bonds is 6. The largest absolute Gasteiger partial charge is 0.470 e. The van der Waals surface area contributed by atoms with E-state index in [9.17, 15) is 22.0 Å². The summed E-state index contributed by atoms with van der Waals surface area (Å²) in [4.78, 5) is 17.5. The molecule has 9 nitrogen and oxygen atoms in total. The number of anilines is 1. The maximum atomic E-state index is 14.6. The molecule has 1 aliphatic heterocycles. The minimum absolute atomic E-state index is 0.0460. The molecule has 0 unspecified atom stereocenters. The molecule has 4 heterocycles. The van der Waals surface area contributed by atoms with Gasteiger partial charge in [0.25, 0.3) is 5.91 Å². The number of amides is 1. The maximum Gasteiger partial charge on any atom is 0.253 e. The van der Waals surface area contributed by atoms with Crippen LogP contribution in [0.4, 0.5) is 14.5 Å². The normalized spacial score (nSPS) is 12.6. The SMILES string of the molecule is CCS(=O)(=O)Nc1cc2oc(-c3ccc(F)cc3)c(C(N)=O)c2cc1-c1ccc2c(n1)-c1cc3c(F)cccc3n1CO2. The Morgan fingerprint density at radius 2 is 1.84 bits per heavy atom. The highest BCUT2D eigenvalue weighted by molar-refractivity contribution is 7.92. The Morgan fingerprint density at radius 1 is 1.05 bits per heavy atom. The first-order valence-electron chi connectivity index (χ1n) is 13.2. The van der Waals surface area contributed by atoms with E-state index in [1.807, 2.05) is 0 Å². The number of nitrogens with one attached hydrogen (secondary N) is 1. The van der Waals surface area contributed by atoms with Gasteiger partial charge in [-0.2, -0.15) is 0 Å². The van der Waals surface area contributed by atoms with Crippen LogP contribution in [0.1, 0.15) is 17.3 Å². The summed E-state index contributed by atoms with van der Waals surface area (Å²) >= 11 is 0. The van der Waals surface area contributed by atoms with Crippen molar-refractivity contribution in [3.05, 3.63) is 90.0 Å². The fraction of sp³-hybridized carbons (Fsp3) is 0.0968. The number of carbonyl (C=O) groups excluding carboxylic acids is 1. The van der Waals surface area contributed by atoms with Crippen molar-refractivity contribution in [1.29, 1.82) is 0 Å². The van der Waals surface area contributed by atoms with Crippen molar-refractivity contribution in [3.8, 4) is 39.7 Å². The standard InChI is InChI=1S/C31H22F2N4O5S/c1-2-43(39,40)36-23-14-27-20(28(31(34)38)30(42-27)16-6-8-17(32)9-7-16)12-19(23)22-10-11-26-29(35-22)25-13-18-21(33)4-3-5-24(18)37(25)15-41-26/h3-14,36H,2,15H2,1H3,(H2,34,38). The first kappa shape index (κ1) is 26.7. The van der Waals surface area contributed by atoms with E-state index in [-0.39, 0.29) is 40.9 Å². The van der Waals surface area contributed by atoms with E-state index in [2.05, 4.69) is 4.72 Å². The number of sulfonamides is 1. The minimum Gasteiger partial charge on any atom is -0.470 e. The molecule has 6 aromatic rings. The number of nitrogens with two attached hydrogens (primary N) is 1. The number of halogens is 2. The van der Waals surface area contributed by atoms with Crippen LogP contribution in [-0.4, -0.2) is 29.6 Å². The van der Waals surface area contributed by atoms with Crippen molar-refractivity contribution in [3.63, 3.8) is 0 Å². The third-order valence-corrected chi connectivity index (χ3v) is 8.74. The first-order chi connectivity index (χ1) is 20.6. The van der Waals surface area contributed by atoms with Gasteiger partial charge in [0.1, 0.15) is 34.4 Å². The highest BCUT2D eigenvalue weighted by Crippen LogP contribution is 2.43. The van der Waals surface area contributed by atoms with Crippen LogP contribution >= 0.6 is 0 Å². The van der Waals surface area contributed by atoms with E-state index >= 15 is 0 Å². The topological polar surface area (TPSA) is 129 Å². The third-order valence-electron chi connectivity index (χ3n) is 7.44. The highest BCUT2D eigenvalue weighted by atomic mass is 32.2. The molecule has 12 heteroatoms. The molecule has 3 aromatic heterocycles. The van der Waals surface area contributed by atoms with Gasteiger partial charge in [-0.15, -0.1) is 0 Å². The zero-order valence-electron chi connectivity index (χ0n) is 22.5. The number of primary amides is 1. The van der Waals surface area contributed by atoms with E-state index in [0.717, 1.165) is 0 Å². The molecule has 0 saturated heterocycles. The minimum atomic E-state index is -3.76. The van der Waals surface area contributed by atoms with Gasteiger partial charge in [-0.3, -0.25) is 9.52 Å². The summed E-state index contributed by atoms with van der Waals surface area (Å²) < 4.78 is 70.0. The number of hydrogen-bond donors (Lipinski definition) is 2. The first-order valence-corrected chi connectivity index (χ1v) is 14.9. The molecule has 0 atom stereocenters. The molecule has 3 aromatic carbocycles. The van der Waals surface area contributed by atoms with Crippen LogP contribution in [0, 0.1) is 11.6 Å². The number of hydrogen-bond acceptors (Lipinski definition) is 6. The molecule has 0 radical (unpaired) electrons. The number of benzene rings is 3. The summed E-state index contributed by atoms with van der Waals surface area (Å²) in [5.41, 5.74) is 8.95. The molecule has 43 heavy (non-hydrogen) atoms. The van der Waals surface area contributed by atoms with Crippen molar-refractivity contribution in [2.75, 3.05) is 10.5 Å². The van der Waals surface area contributed by atoms with Gasteiger partial charge in [0, 0.05) is 28.0 Å². The van der Waals surface area contributed by atoms with Crippen molar-refractivity contribution in [2.45, 2.75) is 13.7 Å². The van der Waals surface area contributed by atoms with Crippen molar-refractivity contribution >= 4 is 43.5 Å². The average Bonchev–Trinajstić information content (AvgIpc) is 3.56. The number of carbonyl (C=O) groups is 1. The molecule has 0 spiro atoms. The Labute approximate surface area is 243 Å². The van der Waals surface area contributed by atoms with Gasteiger partial charge in [0.15, 0.2) is 6.73 Å². The van der Waals surface area contributed by atoms with Gasteiger partial charge in [-0.25, -0.2) is 22.2 Å². The lowest BCUT2D eigenvalue weighted by Gasteiger charge is -2.21. The zero-order chi connectivity index (χ0) is 30.0. The second kappa shape index (κ2) is 9.66. The Morgan fingerprint density at radius 3 is 2.58 bits per heavy atom. The molecule has 7 rings (SSSR count). The van der Waals surface area contributed by atoms with Crippen LogP contribution in [-0.2, 0) is 16.8 Å². The Kier molecular flexibility index (Phi) is 5.99. The predicted octanol–water partition coefficient (Wildman–Crippen LogP) is 6.27. The van der Waals surface area contributed by atoms with Crippen LogP contribution in [0.25, 0.3) is 55.8 Å². The van der Waals surface area contributed by atoms with Crippen LogP contribution < -0.4 is 15.2 Å². The molecular weight excluding hydrogens is 578 g/mol. The van der Waals surface area contributed by atoms with Crippen LogP contribution in [0.3, 0.4) is 0 Å². The lowest BCUT2D eigenvalue weighted by atomic mass is 10.0. The van der Waals surface area contributed by atoms with Gasteiger partial charge in [0.05, 0.1) is 33.9 Å². The molecule has 0 bridgehead atoms. The van der Waals surface area contributed by atoms with Crippen LogP contribution in [0.5, 0.6) is 5.75 Å². The van der Waals surface area contributed by atoms with Gasteiger partial charge < -0.3 is 19.5 Å². The van der Waals surface area contributed by atoms with E-state index < -0.39 is 21.7 Å². The fourth-order valence-electron chi connectivity index (χ4n) is 5.34. The fourth-order valence-corrected chi connectivity index (χ4v) is 5.99. The molecular formula is C31H22F2N4O5S. The summed E-state index contributed by atoms with van der Waals surface area (Å²) in [7, 11) is -3.76. The van der Waals surface area contributed by atoms with E-state index in [0.29, 0.717) is 50.2 Å². The number of fused-ring (bicyclic) bond motifs is 6. The lowest BCUT2D eigenvalue weighted by molar-refractivity contribution is 0.100. The number of nitrogens with zero attached hydrogens (tertiary/aromatic N) is 2. The van der Waals surface area contributed by atoms with Crippen molar-refractivity contribution in [1.82, 2.24) is 9.55 Å². The van der Waals surface area contributed by atoms with Crippen LogP contribution in [0.15, 0.2) is 77.2 Å². The smallest absolute Gasteiger partial charge is 0.253 e. The summed E-state index contributed by atoms with van der Waals surface area (Å²) in [6.07, 6.45) is 0. The molecule has 216 valence electrons.